The fourth-order valence-electron chi connectivity index (χ4n) is 4.28. The predicted molar refractivity (Wildman–Crippen MR) is 122 cm³/mol. The van der Waals surface area contributed by atoms with Gasteiger partial charge in [0.15, 0.2) is 5.82 Å². The van der Waals surface area contributed by atoms with Gasteiger partial charge in [-0.2, -0.15) is 0 Å². The van der Waals surface area contributed by atoms with Gasteiger partial charge in [-0.1, -0.05) is 23.7 Å². The number of nitrogens with zero attached hydrogens (tertiary/aromatic N) is 1. The van der Waals surface area contributed by atoms with Gasteiger partial charge in [0, 0.05) is 41.7 Å². The largest absolute Gasteiger partial charge is 0.444 e. The van der Waals surface area contributed by atoms with Crippen molar-refractivity contribution in [3.63, 3.8) is 0 Å². The van der Waals surface area contributed by atoms with Crippen molar-refractivity contribution in [1.82, 2.24) is 10.2 Å². The molecule has 1 unspecified atom stereocenters. The van der Waals surface area contributed by atoms with E-state index in [1.807, 2.05) is 0 Å². The topological polar surface area (TPSA) is 70.7 Å². The second-order valence-corrected chi connectivity index (χ2v) is 10.1. The molecule has 0 bridgehead atoms. The van der Waals surface area contributed by atoms with Gasteiger partial charge in [0.1, 0.15) is 11.4 Å². The highest BCUT2D eigenvalue weighted by molar-refractivity contribution is 6.30. The number of anilines is 1. The number of ether oxygens (including phenoxy) is 1. The first kappa shape index (κ1) is 23.3. The van der Waals surface area contributed by atoms with Gasteiger partial charge in [-0.05, 0) is 45.9 Å². The fraction of sp³-hybridized carbons (Fsp3) is 0.417. The van der Waals surface area contributed by atoms with Gasteiger partial charge >= 0.3 is 6.09 Å². The minimum absolute atomic E-state index is 0.0202. The molecular formula is C24H26ClF2N3O3. The van der Waals surface area contributed by atoms with E-state index in [9.17, 15) is 14.0 Å². The molecule has 0 spiro atoms. The summed E-state index contributed by atoms with van der Waals surface area (Å²) in [7, 11) is 0. The van der Waals surface area contributed by atoms with Crippen LogP contribution in [-0.2, 0) is 10.2 Å². The number of fused-ring (bicyclic) bond motifs is 1. The second-order valence-electron chi connectivity index (χ2n) is 9.69. The lowest BCUT2D eigenvalue weighted by molar-refractivity contribution is 0.0104. The molecule has 0 aliphatic carbocycles. The Labute approximate surface area is 196 Å². The first-order valence-electron chi connectivity index (χ1n) is 10.7. The summed E-state index contributed by atoms with van der Waals surface area (Å²) in [6, 6.07) is 7.41. The van der Waals surface area contributed by atoms with E-state index < -0.39 is 34.7 Å². The minimum atomic E-state index is -1.16. The van der Waals surface area contributed by atoms with Gasteiger partial charge in [0.05, 0.1) is 16.8 Å². The Hall–Kier alpha value is -2.87. The van der Waals surface area contributed by atoms with Gasteiger partial charge in [-0.15, -0.1) is 0 Å². The maximum Gasteiger partial charge on any atom is 0.410 e. The van der Waals surface area contributed by atoms with Gasteiger partial charge in [-0.3, -0.25) is 4.79 Å². The number of carbonyl (C=O) groups excluding carboxylic acids is 2. The molecule has 2 aromatic rings. The van der Waals surface area contributed by atoms with Crippen molar-refractivity contribution < 1.29 is 23.1 Å². The third kappa shape index (κ3) is 4.24. The van der Waals surface area contributed by atoms with Crippen LogP contribution in [0.25, 0.3) is 0 Å². The summed E-state index contributed by atoms with van der Waals surface area (Å²) in [5, 5.41) is 5.75. The standard InChI is InChI=1S/C24H26ClF2N3O3/c1-23(2,3)33-22(32)30-10-13(11-30)29-17-9-8-14-18(20(17)27)24(4,12-28-21(14)31)15-6-5-7-16(25)19(15)26/h5-9,13,29H,10-12H2,1-4H3,(H,28,31). The molecule has 2 N–H and O–H groups in total. The molecule has 2 aliphatic rings. The highest BCUT2D eigenvalue weighted by Crippen LogP contribution is 2.42. The summed E-state index contributed by atoms with van der Waals surface area (Å²) < 4.78 is 36.1. The molecule has 0 saturated carbocycles. The van der Waals surface area contributed by atoms with Crippen molar-refractivity contribution in [1.29, 1.82) is 0 Å². The van der Waals surface area contributed by atoms with Crippen molar-refractivity contribution >= 4 is 29.3 Å². The van der Waals surface area contributed by atoms with E-state index in [-0.39, 0.29) is 40.0 Å². The lowest BCUT2D eigenvalue weighted by atomic mass is 9.71. The van der Waals surface area contributed by atoms with Crippen LogP contribution in [0.2, 0.25) is 5.02 Å². The molecule has 176 valence electrons. The third-order valence-electron chi connectivity index (χ3n) is 5.98. The zero-order valence-corrected chi connectivity index (χ0v) is 19.6. The van der Waals surface area contributed by atoms with Crippen molar-refractivity contribution in [2.24, 2.45) is 0 Å². The molecule has 9 heteroatoms. The Balaban J connectivity index is 1.62. The van der Waals surface area contributed by atoms with E-state index in [0.29, 0.717) is 13.1 Å². The minimum Gasteiger partial charge on any atom is -0.444 e. The number of nitrogens with one attached hydrogen (secondary N) is 2. The van der Waals surface area contributed by atoms with E-state index in [1.54, 1.807) is 39.8 Å². The summed E-state index contributed by atoms with van der Waals surface area (Å²) in [5.41, 5.74) is -1.11. The number of hydrogen-bond donors (Lipinski definition) is 2. The number of benzene rings is 2. The van der Waals surface area contributed by atoms with Gasteiger partial charge < -0.3 is 20.3 Å². The van der Waals surface area contributed by atoms with Crippen LogP contribution in [0.5, 0.6) is 0 Å². The average molecular weight is 478 g/mol. The molecule has 33 heavy (non-hydrogen) atoms. The van der Waals surface area contributed by atoms with Crippen LogP contribution in [0, 0.1) is 11.6 Å². The van der Waals surface area contributed by atoms with Gasteiger partial charge in [0.25, 0.3) is 5.91 Å². The highest BCUT2D eigenvalue weighted by atomic mass is 35.5. The number of halogens is 3. The summed E-state index contributed by atoms with van der Waals surface area (Å²) in [4.78, 5) is 26.1. The maximum atomic E-state index is 15.8. The lowest BCUT2D eigenvalue weighted by Crippen LogP contribution is -2.58. The van der Waals surface area contributed by atoms with Crippen molar-refractivity contribution in [3.05, 3.63) is 63.7 Å². The Morgan fingerprint density at radius 2 is 1.91 bits per heavy atom. The van der Waals surface area contributed by atoms with Gasteiger partial charge in [0.2, 0.25) is 0 Å². The van der Waals surface area contributed by atoms with E-state index in [4.69, 9.17) is 16.3 Å². The summed E-state index contributed by atoms with van der Waals surface area (Å²) in [5.74, 6) is -1.69. The number of hydrogen-bond acceptors (Lipinski definition) is 4. The van der Waals surface area contributed by atoms with Crippen molar-refractivity contribution in [2.75, 3.05) is 25.0 Å². The monoisotopic (exact) mass is 477 g/mol. The van der Waals surface area contributed by atoms with Crippen LogP contribution >= 0.6 is 11.6 Å². The highest BCUT2D eigenvalue weighted by Gasteiger charge is 2.43. The smallest absolute Gasteiger partial charge is 0.410 e. The molecule has 2 aliphatic heterocycles. The van der Waals surface area contributed by atoms with Crippen molar-refractivity contribution in [2.45, 2.75) is 44.8 Å². The third-order valence-corrected chi connectivity index (χ3v) is 6.27. The number of rotatable bonds is 3. The molecule has 1 fully saturated rings. The molecule has 2 amide bonds. The van der Waals surface area contributed by atoms with Gasteiger partial charge in [-0.25, -0.2) is 13.6 Å². The van der Waals surface area contributed by atoms with Crippen LogP contribution in [0.3, 0.4) is 0 Å². The van der Waals surface area contributed by atoms with E-state index in [0.717, 1.165) is 0 Å². The summed E-state index contributed by atoms with van der Waals surface area (Å²) >= 11 is 5.99. The molecule has 2 heterocycles. The number of likely N-dealkylation sites (tertiary alicyclic amines) is 1. The predicted octanol–water partition coefficient (Wildman–Crippen LogP) is 4.70. The molecule has 0 radical (unpaired) electrons. The molecule has 1 saturated heterocycles. The molecule has 2 aromatic carbocycles. The summed E-state index contributed by atoms with van der Waals surface area (Å²) in [6.07, 6.45) is -0.424. The number of amides is 2. The SMILES string of the molecule is CC(C)(C)OC(=O)N1CC(Nc2ccc3c(c2F)C(C)(c2cccc(Cl)c2F)CNC3=O)C1. The Morgan fingerprint density at radius 3 is 2.58 bits per heavy atom. The van der Waals surface area contributed by atoms with Crippen LogP contribution in [-0.4, -0.2) is 48.2 Å². The summed E-state index contributed by atoms with van der Waals surface area (Å²) in [6.45, 7) is 7.78. The van der Waals surface area contributed by atoms with Crippen LogP contribution < -0.4 is 10.6 Å². The van der Waals surface area contributed by atoms with E-state index in [1.165, 1.54) is 23.1 Å². The lowest BCUT2D eigenvalue weighted by Gasteiger charge is -2.41. The molecular weight excluding hydrogens is 452 g/mol. The number of carbonyl (C=O) groups is 2. The maximum absolute atomic E-state index is 15.8. The molecule has 4 rings (SSSR count). The first-order valence-corrected chi connectivity index (χ1v) is 11.1. The Morgan fingerprint density at radius 1 is 1.21 bits per heavy atom. The normalized spacial score (nSPS) is 20.6. The zero-order valence-electron chi connectivity index (χ0n) is 18.9. The van der Waals surface area contributed by atoms with Crippen LogP contribution in [0.1, 0.15) is 49.2 Å². The Kier molecular flexibility index (Phi) is 5.76. The first-order chi connectivity index (χ1) is 15.4. The average Bonchev–Trinajstić information content (AvgIpc) is 2.69. The molecule has 1 atom stereocenters. The van der Waals surface area contributed by atoms with Crippen molar-refractivity contribution in [3.8, 4) is 0 Å². The van der Waals surface area contributed by atoms with E-state index in [2.05, 4.69) is 10.6 Å². The second kappa shape index (κ2) is 8.17. The zero-order chi connectivity index (χ0) is 24.1. The molecule has 6 nitrogen and oxygen atoms in total. The van der Waals surface area contributed by atoms with Crippen LogP contribution in [0.4, 0.5) is 19.3 Å². The quantitative estimate of drug-likeness (QED) is 0.672. The molecule has 0 aromatic heterocycles. The Bertz CT molecular complexity index is 1130. The fourth-order valence-corrected chi connectivity index (χ4v) is 4.46. The van der Waals surface area contributed by atoms with Crippen LogP contribution in [0.15, 0.2) is 30.3 Å². The van der Waals surface area contributed by atoms with E-state index >= 15 is 4.39 Å².